The van der Waals surface area contributed by atoms with Crippen LogP contribution in [-0.4, -0.2) is 73.4 Å². The maximum atomic E-state index is 10.9. The summed E-state index contributed by atoms with van der Waals surface area (Å²) in [6.07, 6.45) is -6.24. The maximum Gasteiger partial charge on any atom is 0.364 e. The van der Waals surface area contributed by atoms with Crippen LogP contribution < -0.4 is 0 Å². The molecular weight excluding hydrogens is 248 g/mol. The minimum absolute atomic E-state index is 0.540. The summed E-state index contributed by atoms with van der Waals surface area (Å²) in [6.45, 7) is 0.722. The van der Waals surface area contributed by atoms with Crippen molar-refractivity contribution in [3.63, 3.8) is 0 Å². The largest absolute Gasteiger partial charge is 0.477 e. The Labute approximate surface area is 103 Å². The summed E-state index contributed by atoms with van der Waals surface area (Å²) in [6, 6.07) is 0. The van der Waals surface area contributed by atoms with Crippen molar-refractivity contribution < 1.29 is 40.2 Å². The summed E-state index contributed by atoms with van der Waals surface area (Å²) in [5.74, 6) is -5.02. The zero-order valence-corrected chi connectivity index (χ0v) is 9.80. The first kappa shape index (κ1) is 15.3. The lowest BCUT2D eigenvalue weighted by molar-refractivity contribution is -0.302. The number of aliphatic carboxylic acids is 1. The highest BCUT2D eigenvalue weighted by molar-refractivity contribution is 5.75. The molecule has 0 aromatic heterocycles. The average molecular weight is 266 g/mol. The summed E-state index contributed by atoms with van der Waals surface area (Å²) in [5, 5.41) is 55.9. The van der Waals surface area contributed by atoms with Gasteiger partial charge in [-0.05, 0) is 0 Å². The Bertz CT molecular complexity index is 308. The van der Waals surface area contributed by atoms with Crippen LogP contribution in [0.3, 0.4) is 0 Å². The quantitative estimate of drug-likeness (QED) is 0.321. The molecule has 0 bridgehead atoms. The fraction of sp³-hybridized carbons (Fsp3) is 0.900. The van der Waals surface area contributed by atoms with Crippen molar-refractivity contribution >= 4 is 5.97 Å². The maximum absolute atomic E-state index is 10.9. The number of aliphatic hydroxyl groups excluding tert-OH is 4. The van der Waals surface area contributed by atoms with Crippen LogP contribution in [0, 0.1) is 5.92 Å². The summed E-state index contributed by atoms with van der Waals surface area (Å²) in [7, 11) is 0. The van der Waals surface area contributed by atoms with Gasteiger partial charge < -0.3 is 35.4 Å². The highest BCUT2D eigenvalue weighted by Gasteiger charge is 2.51. The van der Waals surface area contributed by atoms with Crippen LogP contribution in [-0.2, 0) is 9.53 Å². The number of aliphatic hydroxyl groups is 5. The third-order valence-corrected chi connectivity index (χ3v) is 3.19. The van der Waals surface area contributed by atoms with Crippen LogP contribution in [0.1, 0.15) is 13.3 Å². The summed E-state index contributed by atoms with van der Waals surface area (Å²) >= 11 is 0. The molecule has 0 aromatic carbocycles. The van der Waals surface area contributed by atoms with Crippen molar-refractivity contribution in [3.8, 4) is 0 Å². The van der Waals surface area contributed by atoms with E-state index in [1.54, 1.807) is 0 Å². The van der Waals surface area contributed by atoms with E-state index in [9.17, 15) is 25.2 Å². The molecule has 1 fully saturated rings. The van der Waals surface area contributed by atoms with Gasteiger partial charge in [-0.3, -0.25) is 0 Å². The van der Waals surface area contributed by atoms with E-state index >= 15 is 0 Å². The second-order valence-corrected chi connectivity index (χ2v) is 4.54. The molecule has 1 rings (SSSR count). The van der Waals surface area contributed by atoms with Crippen molar-refractivity contribution in [2.75, 3.05) is 6.61 Å². The monoisotopic (exact) mass is 266 g/mol. The Balaban J connectivity index is 2.92. The van der Waals surface area contributed by atoms with Crippen LogP contribution in [0.25, 0.3) is 0 Å². The molecule has 106 valence electrons. The third-order valence-electron chi connectivity index (χ3n) is 3.19. The van der Waals surface area contributed by atoms with Gasteiger partial charge in [0.1, 0.15) is 12.2 Å². The molecule has 1 aliphatic rings. The zero-order chi connectivity index (χ0) is 14.1. The van der Waals surface area contributed by atoms with Crippen LogP contribution in [0.4, 0.5) is 0 Å². The molecule has 8 nitrogen and oxygen atoms in total. The van der Waals surface area contributed by atoms with Crippen LogP contribution in [0.15, 0.2) is 0 Å². The predicted molar refractivity (Wildman–Crippen MR) is 56.3 cm³/mol. The van der Waals surface area contributed by atoms with Gasteiger partial charge in [0.2, 0.25) is 0 Å². The molecule has 0 aliphatic carbocycles. The molecule has 4 unspecified atom stereocenters. The van der Waals surface area contributed by atoms with E-state index in [-0.39, 0.29) is 0 Å². The first-order chi connectivity index (χ1) is 8.23. The zero-order valence-electron chi connectivity index (χ0n) is 9.80. The van der Waals surface area contributed by atoms with Gasteiger partial charge in [-0.1, -0.05) is 6.92 Å². The average Bonchev–Trinajstić information content (AvgIpc) is 2.31. The molecule has 6 N–H and O–H groups in total. The molecule has 0 aromatic rings. The van der Waals surface area contributed by atoms with Gasteiger partial charge in [-0.15, -0.1) is 0 Å². The SMILES string of the molecule is C[C@@H]1C(O)C[C@@](O)(C(=O)O)OC1C(O)C(O)CO. The molecule has 1 saturated heterocycles. The van der Waals surface area contributed by atoms with E-state index in [1.807, 2.05) is 0 Å². The van der Waals surface area contributed by atoms with Crippen molar-refractivity contribution in [1.82, 2.24) is 0 Å². The van der Waals surface area contributed by atoms with Gasteiger partial charge in [-0.2, -0.15) is 0 Å². The van der Waals surface area contributed by atoms with Crippen LogP contribution in [0.5, 0.6) is 0 Å². The van der Waals surface area contributed by atoms with E-state index in [1.165, 1.54) is 6.92 Å². The molecule has 0 saturated carbocycles. The summed E-state index contributed by atoms with van der Waals surface area (Å²) in [4.78, 5) is 10.9. The number of hydrogen-bond acceptors (Lipinski definition) is 7. The third kappa shape index (κ3) is 2.79. The van der Waals surface area contributed by atoms with E-state index < -0.39 is 55.1 Å². The minimum atomic E-state index is -2.62. The smallest absolute Gasteiger partial charge is 0.364 e. The van der Waals surface area contributed by atoms with Crippen molar-refractivity contribution in [3.05, 3.63) is 0 Å². The molecule has 0 spiro atoms. The molecule has 18 heavy (non-hydrogen) atoms. The van der Waals surface area contributed by atoms with E-state index in [2.05, 4.69) is 0 Å². The first-order valence-electron chi connectivity index (χ1n) is 5.51. The lowest BCUT2D eigenvalue weighted by atomic mass is 9.85. The number of carbonyl (C=O) groups is 1. The number of ether oxygens (including phenoxy) is 1. The van der Waals surface area contributed by atoms with Crippen molar-refractivity contribution in [2.24, 2.45) is 5.92 Å². The van der Waals surface area contributed by atoms with Gasteiger partial charge in [0.15, 0.2) is 0 Å². The fourth-order valence-electron chi connectivity index (χ4n) is 1.91. The van der Waals surface area contributed by atoms with Crippen molar-refractivity contribution in [2.45, 2.75) is 43.5 Å². The standard InChI is InChI=1S/C10H18O8/c1-4-5(12)2-10(17,9(15)16)18-8(4)7(14)6(13)3-11/h4-8,11-14,17H,2-3H2,1H3,(H,15,16)/t4-,5?,6?,7?,8?,10+/m1/s1. The van der Waals surface area contributed by atoms with Crippen LogP contribution >= 0.6 is 0 Å². The second kappa shape index (κ2) is 5.47. The van der Waals surface area contributed by atoms with E-state index in [0.29, 0.717) is 0 Å². The lowest BCUT2D eigenvalue weighted by Crippen LogP contribution is -2.60. The first-order valence-corrected chi connectivity index (χ1v) is 5.51. The van der Waals surface area contributed by atoms with E-state index in [4.69, 9.17) is 14.9 Å². The van der Waals surface area contributed by atoms with Gasteiger partial charge >= 0.3 is 5.97 Å². The Hall–Kier alpha value is -0.770. The minimum Gasteiger partial charge on any atom is -0.477 e. The Morgan fingerprint density at radius 2 is 2.06 bits per heavy atom. The topological polar surface area (TPSA) is 148 Å². The van der Waals surface area contributed by atoms with E-state index in [0.717, 1.165) is 0 Å². The Kier molecular flexibility index (Phi) is 4.65. The number of carboxylic acid groups (broad SMARTS) is 1. The van der Waals surface area contributed by atoms with Gasteiger partial charge in [0, 0.05) is 12.3 Å². The molecule has 1 aliphatic heterocycles. The van der Waals surface area contributed by atoms with Gasteiger partial charge in [0.25, 0.3) is 5.79 Å². The molecule has 1 heterocycles. The Morgan fingerprint density at radius 1 is 1.50 bits per heavy atom. The highest BCUT2D eigenvalue weighted by atomic mass is 16.7. The number of carboxylic acids is 1. The summed E-state index contributed by atoms with van der Waals surface area (Å²) < 4.78 is 4.88. The Morgan fingerprint density at radius 3 is 2.50 bits per heavy atom. The van der Waals surface area contributed by atoms with Gasteiger partial charge in [0.05, 0.1) is 18.8 Å². The molecule has 0 amide bonds. The molecule has 8 heteroatoms. The highest BCUT2D eigenvalue weighted by Crippen LogP contribution is 2.33. The molecule has 0 radical (unpaired) electrons. The predicted octanol–water partition coefficient (Wildman–Crippen LogP) is -2.74. The normalized spacial score (nSPS) is 40.2. The lowest BCUT2D eigenvalue weighted by Gasteiger charge is -2.43. The molecule has 6 atom stereocenters. The van der Waals surface area contributed by atoms with Crippen LogP contribution in [0.2, 0.25) is 0 Å². The summed E-state index contributed by atoms with van der Waals surface area (Å²) in [5.41, 5.74) is 0. The second-order valence-electron chi connectivity index (χ2n) is 4.54. The van der Waals surface area contributed by atoms with Gasteiger partial charge in [-0.25, -0.2) is 4.79 Å². The molecular formula is C10H18O8. The fourth-order valence-corrected chi connectivity index (χ4v) is 1.91. The van der Waals surface area contributed by atoms with Crippen molar-refractivity contribution in [1.29, 1.82) is 0 Å². The number of hydrogen-bond donors (Lipinski definition) is 6. The number of rotatable bonds is 4.